The zero-order valence-corrected chi connectivity index (χ0v) is 16.7. The lowest BCUT2D eigenvalue weighted by molar-refractivity contribution is 0.0390. The molecule has 0 fully saturated rings. The Morgan fingerprint density at radius 2 is 1.25 bits per heavy atom. The van der Waals surface area contributed by atoms with Gasteiger partial charge >= 0.3 is 0 Å². The number of halogens is 1. The fourth-order valence-corrected chi connectivity index (χ4v) is 3.87. The van der Waals surface area contributed by atoms with Crippen LogP contribution in [0.15, 0.2) is 97.1 Å². The minimum atomic E-state index is -1.01. The van der Waals surface area contributed by atoms with Crippen molar-refractivity contribution < 1.29 is 5.11 Å². The van der Waals surface area contributed by atoms with E-state index in [2.05, 4.69) is 41.3 Å². The number of rotatable bonds is 5. The Morgan fingerprint density at radius 3 is 1.71 bits per heavy atom. The van der Waals surface area contributed by atoms with Crippen LogP contribution in [0.25, 0.3) is 5.57 Å². The molecule has 0 amide bonds. The van der Waals surface area contributed by atoms with Crippen molar-refractivity contribution in [3.8, 4) is 0 Å². The molecule has 4 rings (SSSR count). The van der Waals surface area contributed by atoms with Gasteiger partial charge in [-0.2, -0.15) is 0 Å². The third-order valence-electron chi connectivity index (χ3n) is 5.39. The Kier molecular flexibility index (Phi) is 6.69. The summed E-state index contributed by atoms with van der Waals surface area (Å²) in [6.45, 7) is 2.38. The zero-order chi connectivity index (χ0) is 18.5. The lowest BCUT2D eigenvalue weighted by atomic mass is 9.85. The Morgan fingerprint density at radius 1 is 0.750 bits per heavy atom. The summed E-state index contributed by atoms with van der Waals surface area (Å²) in [6, 6.07) is 30.6. The van der Waals surface area contributed by atoms with Crippen LogP contribution in [0, 0.1) is 0 Å². The molecule has 0 spiro atoms. The van der Waals surface area contributed by atoms with Crippen molar-refractivity contribution in [2.45, 2.75) is 12.0 Å². The smallest absolute Gasteiger partial charge is 0.127 e. The van der Waals surface area contributed by atoms with E-state index in [0.717, 1.165) is 30.6 Å². The average molecular weight is 392 g/mol. The molecular weight excluding hydrogens is 366 g/mol. The molecule has 2 nitrogen and oxygen atoms in total. The van der Waals surface area contributed by atoms with E-state index in [-0.39, 0.29) is 12.4 Å². The highest BCUT2D eigenvalue weighted by atomic mass is 35.5. The van der Waals surface area contributed by atoms with Gasteiger partial charge in [0.2, 0.25) is 0 Å². The summed E-state index contributed by atoms with van der Waals surface area (Å²) in [5.74, 6) is 0. The van der Waals surface area contributed by atoms with Gasteiger partial charge in [-0.15, -0.1) is 12.4 Å². The lowest BCUT2D eigenvalue weighted by Crippen LogP contribution is -2.43. The summed E-state index contributed by atoms with van der Waals surface area (Å²) < 4.78 is 0. The maximum atomic E-state index is 11.7. The van der Waals surface area contributed by atoms with Gasteiger partial charge in [-0.1, -0.05) is 97.1 Å². The fourth-order valence-electron chi connectivity index (χ4n) is 3.87. The highest BCUT2D eigenvalue weighted by Gasteiger charge is 2.34. The molecule has 0 aliphatic carbocycles. The first-order valence-electron chi connectivity index (χ1n) is 9.56. The van der Waals surface area contributed by atoms with E-state index in [4.69, 9.17) is 0 Å². The topological polar surface area (TPSA) is 23.5 Å². The highest BCUT2D eigenvalue weighted by Crippen LogP contribution is 2.32. The predicted molar refractivity (Wildman–Crippen MR) is 119 cm³/mol. The van der Waals surface area contributed by atoms with E-state index in [1.165, 1.54) is 11.1 Å². The number of nitrogens with zero attached hydrogens (tertiary/aromatic N) is 1. The highest BCUT2D eigenvalue weighted by molar-refractivity contribution is 5.85. The summed E-state index contributed by atoms with van der Waals surface area (Å²) in [5.41, 5.74) is 3.57. The molecule has 1 aliphatic heterocycles. The van der Waals surface area contributed by atoms with Crippen molar-refractivity contribution in [1.29, 1.82) is 0 Å². The van der Waals surface area contributed by atoms with Gasteiger partial charge in [-0.3, -0.25) is 4.90 Å². The van der Waals surface area contributed by atoms with Crippen LogP contribution in [-0.4, -0.2) is 29.6 Å². The maximum absolute atomic E-state index is 11.7. The third-order valence-corrected chi connectivity index (χ3v) is 5.39. The first kappa shape index (κ1) is 20.3. The van der Waals surface area contributed by atoms with Gasteiger partial charge in [-0.25, -0.2) is 0 Å². The molecule has 0 saturated heterocycles. The second-order valence-corrected chi connectivity index (χ2v) is 7.17. The molecule has 3 aromatic rings. The van der Waals surface area contributed by atoms with E-state index < -0.39 is 5.60 Å². The van der Waals surface area contributed by atoms with Crippen molar-refractivity contribution in [1.82, 2.24) is 4.90 Å². The van der Waals surface area contributed by atoms with E-state index in [0.29, 0.717) is 6.54 Å². The van der Waals surface area contributed by atoms with Crippen LogP contribution in [0.5, 0.6) is 0 Å². The van der Waals surface area contributed by atoms with Crippen LogP contribution < -0.4 is 0 Å². The van der Waals surface area contributed by atoms with E-state index in [9.17, 15) is 5.11 Å². The Hall–Kier alpha value is -2.39. The summed E-state index contributed by atoms with van der Waals surface area (Å²) in [6.07, 6.45) is 3.30. The molecule has 0 radical (unpaired) electrons. The standard InChI is InChI=1S/C25H25NO.ClH/c27-25(23-12-6-2-7-13-23,24-14-8-3-9-15-24)20-26-18-16-22(17-19-26)21-10-4-1-5-11-21;/h1-16,27H,17-20H2;1H. The molecule has 0 atom stereocenters. The predicted octanol–water partition coefficient (Wildman–Crippen LogP) is 5.13. The largest absolute Gasteiger partial charge is 0.379 e. The normalized spacial score (nSPS) is 14.8. The number of hydrogen-bond acceptors (Lipinski definition) is 2. The molecular formula is C25H26ClNO. The number of hydrogen-bond donors (Lipinski definition) is 1. The van der Waals surface area contributed by atoms with Crippen LogP contribution in [-0.2, 0) is 5.60 Å². The molecule has 0 aromatic heterocycles. The third kappa shape index (κ3) is 4.36. The minimum absolute atomic E-state index is 0. The molecule has 144 valence electrons. The molecule has 1 N–H and O–H groups in total. The molecule has 28 heavy (non-hydrogen) atoms. The zero-order valence-electron chi connectivity index (χ0n) is 15.9. The first-order chi connectivity index (χ1) is 13.3. The summed E-state index contributed by atoms with van der Waals surface area (Å²) in [7, 11) is 0. The maximum Gasteiger partial charge on any atom is 0.127 e. The molecule has 1 heterocycles. The van der Waals surface area contributed by atoms with E-state index in [1.807, 2.05) is 60.7 Å². The van der Waals surface area contributed by atoms with Gasteiger partial charge in [0.1, 0.15) is 5.60 Å². The van der Waals surface area contributed by atoms with Crippen LogP contribution in [0.3, 0.4) is 0 Å². The van der Waals surface area contributed by atoms with Crippen LogP contribution in [0.4, 0.5) is 0 Å². The molecule has 1 aliphatic rings. The van der Waals surface area contributed by atoms with Crippen LogP contribution in [0.1, 0.15) is 23.1 Å². The van der Waals surface area contributed by atoms with Gasteiger partial charge in [0.05, 0.1) is 0 Å². The molecule has 0 saturated carbocycles. The lowest BCUT2D eigenvalue weighted by Gasteiger charge is -2.36. The number of β-amino-alcohol motifs (C(OH)–C–C–N with tert-alkyl or cyclic N) is 1. The summed E-state index contributed by atoms with van der Waals surface area (Å²) >= 11 is 0. The minimum Gasteiger partial charge on any atom is -0.379 e. The second kappa shape index (κ2) is 9.20. The quantitative estimate of drug-likeness (QED) is 0.651. The van der Waals surface area contributed by atoms with Gasteiger partial charge in [0.25, 0.3) is 0 Å². The van der Waals surface area contributed by atoms with Crippen LogP contribution >= 0.6 is 12.4 Å². The average Bonchev–Trinajstić information content (AvgIpc) is 2.76. The number of aliphatic hydroxyl groups is 1. The first-order valence-corrected chi connectivity index (χ1v) is 9.56. The Bertz CT molecular complexity index is 854. The molecule has 0 bridgehead atoms. The van der Waals surface area contributed by atoms with Crippen molar-refractivity contribution >= 4 is 18.0 Å². The molecule has 0 unspecified atom stereocenters. The number of benzene rings is 3. The van der Waals surface area contributed by atoms with Gasteiger partial charge in [0.15, 0.2) is 0 Å². The second-order valence-electron chi connectivity index (χ2n) is 7.17. The van der Waals surface area contributed by atoms with E-state index in [1.54, 1.807) is 0 Å². The Balaban J connectivity index is 0.00000225. The summed E-state index contributed by atoms with van der Waals surface area (Å²) in [4.78, 5) is 2.34. The van der Waals surface area contributed by atoms with Crippen LogP contribution in [0.2, 0.25) is 0 Å². The fraction of sp³-hybridized carbons (Fsp3) is 0.200. The SMILES string of the molecule is Cl.OC(CN1CC=C(c2ccccc2)CC1)(c1ccccc1)c1ccccc1. The van der Waals surface area contributed by atoms with Crippen molar-refractivity contribution in [3.05, 3.63) is 114 Å². The van der Waals surface area contributed by atoms with Crippen molar-refractivity contribution in [3.63, 3.8) is 0 Å². The molecule has 3 aromatic carbocycles. The summed E-state index contributed by atoms with van der Waals surface area (Å²) in [5, 5.41) is 11.7. The van der Waals surface area contributed by atoms with Gasteiger partial charge in [0, 0.05) is 19.6 Å². The van der Waals surface area contributed by atoms with E-state index >= 15 is 0 Å². The molecule has 3 heteroatoms. The van der Waals surface area contributed by atoms with Gasteiger partial charge < -0.3 is 5.11 Å². The van der Waals surface area contributed by atoms with Crippen molar-refractivity contribution in [2.75, 3.05) is 19.6 Å². The van der Waals surface area contributed by atoms with Crippen molar-refractivity contribution in [2.24, 2.45) is 0 Å². The monoisotopic (exact) mass is 391 g/mol. The van der Waals surface area contributed by atoms with Gasteiger partial charge in [-0.05, 0) is 28.7 Å². The Labute approximate surface area is 173 Å².